The number of alkyl halides is 3. The molecule has 1 heterocycles. The summed E-state index contributed by atoms with van der Waals surface area (Å²) in [5.74, 6) is 0.142. The lowest BCUT2D eigenvalue weighted by Gasteiger charge is -2.29. The van der Waals surface area contributed by atoms with Crippen molar-refractivity contribution in [2.75, 3.05) is 37.8 Å². The van der Waals surface area contributed by atoms with Crippen LogP contribution >= 0.6 is 0 Å². The molecule has 1 aliphatic rings. The lowest BCUT2D eigenvalue weighted by atomic mass is 10.0. The first-order chi connectivity index (χ1) is 14.9. The highest BCUT2D eigenvalue weighted by Gasteiger charge is 2.34. The predicted molar refractivity (Wildman–Crippen MR) is 113 cm³/mol. The Balaban J connectivity index is 1.69. The third-order valence-corrected chi connectivity index (χ3v) is 4.86. The minimum absolute atomic E-state index is 0.0148. The normalized spacial score (nSPS) is 14.6. The smallest absolute Gasteiger partial charge is 0.416 e. The van der Waals surface area contributed by atoms with Gasteiger partial charge in [-0.15, -0.1) is 0 Å². The van der Waals surface area contributed by atoms with Crippen molar-refractivity contribution in [3.05, 3.63) is 65.2 Å². The molecule has 0 radical (unpaired) electrons. The summed E-state index contributed by atoms with van der Waals surface area (Å²) >= 11 is 0. The van der Waals surface area contributed by atoms with Crippen molar-refractivity contribution in [3.63, 3.8) is 0 Å². The van der Waals surface area contributed by atoms with Crippen LogP contribution in [0.2, 0.25) is 0 Å². The molecule has 0 spiro atoms. The zero-order valence-corrected chi connectivity index (χ0v) is 17.2. The molecule has 0 atom stereocenters. The van der Waals surface area contributed by atoms with Gasteiger partial charge in [-0.05, 0) is 36.8 Å². The first kappa shape index (κ1) is 22.7. The van der Waals surface area contributed by atoms with Crippen molar-refractivity contribution in [2.24, 2.45) is 0 Å². The van der Waals surface area contributed by atoms with Gasteiger partial charge in [0.1, 0.15) is 5.75 Å². The topological polar surface area (TPSA) is 50.8 Å². The minimum atomic E-state index is -4.52. The number of halogens is 3. The molecule has 0 aromatic heterocycles. The molecule has 1 fully saturated rings. The molecule has 0 unspecified atom stereocenters. The van der Waals surface area contributed by atoms with E-state index < -0.39 is 17.6 Å². The number of hydrogen-bond donors (Lipinski definition) is 1. The number of benzene rings is 2. The molecular weight excluding hydrogens is 409 g/mol. The Morgan fingerprint density at radius 2 is 1.94 bits per heavy atom. The van der Waals surface area contributed by atoms with Gasteiger partial charge in [-0.25, -0.2) is 0 Å². The quantitative estimate of drug-likeness (QED) is 0.662. The number of ether oxygens (including phenoxy) is 2. The van der Waals surface area contributed by atoms with E-state index in [1.54, 1.807) is 24.3 Å². The second-order valence-corrected chi connectivity index (χ2v) is 6.96. The second kappa shape index (κ2) is 10.3. The number of hydrogen-bond acceptors (Lipinski definition) is 4. The van der Waals surface area contributed by atoms with Crippen molar-refractivity contribution in [1.82, 2.24) is 5.32 Å². The van der Waals surface area contributed by atoms with Gasteiger partial charge in [0.2, 0.25) is 5.91 Å². The highest BCUT2D eigenvalue weighted by Crippen LogP contribution is 2.35. The average molecular weight is 434 g/mol. The predicted octanol–water partition coefficient (Wildman–Crippen LogP) is 4.27. The largest absolute Gasteiger partial charge is 0.493 e. The molecule has 31 heavy (non-hydrogen) atoms. The van der Waals surface area contributed by atoms with Crippen molar-refractivity contribution >= 4 is 17.7 Å². The van der Waals surface area contributed by atoms with Gasteiger partial charge in [-0.1, -0.05) is 24.3 Å². The molecular formula is C23H25F3N2O3. The molecule has 1 amide bonds. The molecule has 5 nitrogen and oxygen atoms in total. The fraction of sp³-hybridized carbons (Fsp3) is 0.348. The summed E-state index contributed by atoms with van der Waals surface area (Å²) in [6.07, 6.45) is -1.66. The first-order valence-electron chi connectivity index (χ1n) is 10.1. The molecule has 2 aromatic carbocycles. The molecule has 8 heteroatoms. The zero-order valence-electron chi connectivity index (χ0n) is 17.2. The van der Waals surface area contributed by atoms with Crippen molar-refractivity contribution in [3.8, 4) is 5.75 Å². The van der Waals surface area contributed by atoms with E-state index in [-0.39, 0.29) is 12.1 Å². The molecule has 2 aromatic rings. The van der Waals surface area contributed by atoms with Crippen LogP contribution in [0.4, 0.5) is 18.9 Å². The first-order valence-corrected chi connectivity index (χ1v) is 10.1. The number of rotatable bonds is 7. The van der Waals surface area contributed by atoms with Crippen molar-refractivity contribution in [2.45, 2.75) is 19.6 Å². The maximum Gasteiger partial charge on any atom is 0.416 e. The summed E-state index contributed by atoms with van der Waals surface area (Å²) in [5.41, 5.74) is 0.479. The van der Waals surface area contributed by atoms with Gasteiger partial charge in [-0.3, -0.25) is 4.79 Å². The maximum absolute atomic E-state index is 13.6. The molecule has 0 bridgehead atoms. The van der Waals surface area contributed by atoms with Gasteiger partial charge in [0.05, 0.1) is 25.4 Å². The lowest BCUT2D eigenvalue weighted by Crippen LogP contribution is -2.36. The molecule has 1 aliphatic heterocycles. The molecule has 1 N–H and O–H groups in total. The molecule has 0 aliphatic carbocycles. The van der Waals surface area contributed by atoms with Gasteiger partial charge >= 0.3 is 6.18 Å². The second-order valence-electron chi connectivity index (χ2n) is 6.96. The number of morpholine rings is 1. The fourth-order valence-electron chi connectivity index (χ4n) is 3.31. The van der Waals surface area contributed by atoms with Crippen LogP contribution in [-0.2, 0) is 22.3 Å². The van der Waals surface area contributed by atoms with Gasteiger partial charge in [0.15, 0.2) is 0 Å². The maximum atomic E-state index is 13.6. The molecule has 3 rings (SSSR count). The fourth-order valence-corrected chi connectivity index (χ4v) is 3.31. The van der Waals surface area contributed by atoms with Crippen LogP contribution in [0.3, 0.4) is 0 Å². The SMILES string of the molecule is CCOc1ccccc1/C=C/C(=O)NCc1ccc(N2CCOCC2)cc1C(F)(F)F. The van der Waals surface area contributed by atoms with Crippen LogP contribution in [0, 0.1) is 0 Å². The number of amides is 1. The van der Waals surface area contributed by atoms with Gasteiger partial charge in [0, 0.05) is 37.0 Å². The standard InChI is InChI=1S/C23H25F3N2O3/c1-2-31-21-6-4-3-5-17(21)8-10-22(29)27-16-18-7-9-19(15-20(18)23(24,25)26)28-11-13-30-14-12-28/h3-10,15H,2,11-14,16H2,1H3,(H,27,29)/b10-8+. The van der Waals surface area contributed by atoms with Crippen LogP contribution < -0.4 is 15.0 Å². The summed E-state index contributed by atoms with van der Waals surface area (Å²) in [6, 6.07) is 11.4. The summed E-state index contributed by atoms with van der Waals surface area (Å²) in [5, 5.41) is 2.53. The Kier molecular flexibility index (Phi) is 7.57. The van der Waals surface area contributed by atoms with Gasteiger partial charge in [0.25, 0.3) is 0 Å². The number of nitrogens with one attached hydrogen (secondary N) is 1. The highest BCUT2D eigenvalue weighted by molar-refractivity contribution is 5.92. The van der Waals surface area contributed by atoms with E-state index in [0.717, 1.165) is 6.07 Å². The third-order valence-electron chi connectivity index (χ3n) is 4.86. The van der Waals surface area contributed by atoms with Crippen LogP contribution in [-0.4, -0.2) is 38.8 Å². The van der Waals surface area contributed by atoms with Gasteiger partial charge < -0.3 is 19.7 Å². The number of anilines is 1. The molecule has 0 saturated carbocycles. The van der Waals surface area contributed by atoms with E-state index in [9.17, 15) is 18.0 Å². The molecule has 1 saturated heterocycles. The van der Waals surface area contributed by atoms with Crippen molar-refractivity contribution < 1.29 is 27.4 Å². The van der Waals surface area contributed by atoms with Crippen LogP contribution in [0.25, 0.3) is 6.08 Å². The Morgan fingerprint density at radius 1 is 1.19 bits per heavy atom. The van der Waals surface area contributed by atoms with E-state index in [0.29, 0.717) is 49.9 Å². The number of carbonyl (C=O) groups excluding carboxylic acids is 1. The summed E-state index contributed by atoms with van der Waals surface area (Å²) in [7, 11) is 0. The Bertz CT molecular complexity index is 923. The monoisotopic (exact) mass is 434 g/mol. The van der Waals surface area contributed by atoms with E-state index in [4.69, 9.17) is 9.47 Å². The Morgan fingerprint density at radius 3 is 2.65 bits per heavy atom. The summed E-state index contributed by atoms with van der Waals surface area (Å²) in [4.78, 5) is 14.1. The van der Waals surface area contributed by atoms with E-state index in [2.05, 4.69) is 5.32 Å². The average Bonchev–Trinajstić information content (AvgIpc) is 2.77. The number of nitrogens with zero attached hydrogens (tertiary/aromatic N) is 1. The number of carbonyl (C=O) groups is 1. The third kappa shape index (κ3) is 6.24. The summed E-state index contributed by atoms with van der Waals surface area (Å²) < 4.78 is 51.6. The highest BCUT2D eigenvalue weighted by atomic mass is 19.4. The minimum Gasteiger partial charge on any atom is -0.493 e. The number of para-hydroxylation sites is 1. The van der Waals surface area contributed by atoms with Crippen LogP contribution in [0.15, 0.2) is 48.5 Å². The van der Waals surface area contributed by atoms with E-state index in [1.807, 2.05) is 24.0 Å². The zero-order chi connectivity index (χ0) is 22.3. The van der Waals surface area contributed by atoms with Crippen molar-refractivity contribution in [1.29, 1.82) is 0 Å². The lowest BCUT2D eigenvalue weighted by molar-refractivity contribution is -0.138. The van der Waals surface area contributed by atoms with Crippen LogP contribution in [0.5, 0.6) is 5.75 Å². The Hall–Kier alpha value is -3.00. The van der Waals surface area contributed by atoms with E-state index >= 15 is 0 Å². The molecule has 166 valence electrons. The van der Waals surface area contributed by atoms with E-state index in [1.165, 1.54) is 12.1 Å². The van der Waals surface area contributed by atoms with Gasteiger partial charge in [-0.2, -0.15) is 13.2 Å². The Labute approximate surface area is 179 Å². The van der Waals surface area contributed by atoms with Crippen LogP contribution in [0.1, 0.15) is 23.6 Å². The summed E-state index contributed by atoms with van der Waals surface area (Å²) in [6.45, 7) is 4.17.